The molecule has 0 fully saturated rings. The Morgan fingerprint density at radius 2 is 1.59 bits per heavy atom. The van der Waals surface area contributed by atoms with Crippen molar-refractivity contribution in [3.8, 4) is 22.4 Å². The maximum absolute atomic E-state index is 12.5. The molecule has 0 unspecified atom stereocenters. The highest BCUT2D eigenvalue weighted by molar-refractivity contribution is 5.82. The summed E-state index contributed by atoms with van der Waals surface area (Å²) in [5, 5.41) is 7.59. The van der Waals surface area contributed by atoms with Crippen molar-refractivity contribution >= 4 is 5.91 Å². The Morgan fingerprint density at radius 3 is 2.21 bits per heavy atom. The second-order valence-electron chi connectivity index (χ2n) is 7.21. The Labute approximate surface area is 173 Å². The molecule has 152 valence electrons. The number of nitrogens with zero attached hydrogens (tertiary/aromatic N) is 2. The molecule has 0 aliphatic heterocycles. The van der Waals surface area contributed by atoms with Crippen LogP contribution in [0.2, 0.25) is 0 Å². The van der Waals surface area contributed by atoms with Crippen LogP contribution in [0, 0.1) is 0 Å². The molecule has 0 spiro atoms. The van der Waals surface area contributed by atoms with Crippen LogP contribution in [-0.2, 0) is 11.3 Å². The molecule has 3 rings (SSSR count). The quantitative estimate of drug-likeness (QED) is 0.522. The minimum atomic E-state index is -0.000519. The highest BCUT2D eigenvalue weighted by Gasteiger charge is 2.16. The van der Waals surface area contributed by atoms with E-state index in [0.29, 0.717) is 6.54 Å². The summed E-state index contributed by atoms with van der Waals surface area (Å²) in [5.41, 5.74) is 4.16. The van der Waals surface area contributed by atoms with Gasteiger partial charge in [0, 0.05) is 24.1 Å². The van der Waals surface area contributed by atoms with Gasteiger partial charge in [0.05, 0.1) is 31.5 Å². The average molecular weight is 392 g/mol. The van der Waals surface area contributed by atoms with Gasteiger partial charge in [-0.2, -0.15) is 5.10 Å². The summed E-state index contributed by atoms with van der Waals surface area (Å²) in [6.45, 7) is 8.66. The SMILES string of the molecule is CC[NH+](CC)CCCNC(=O)Cn1ncc(-c2ccccc2)c1-c1ccccc1. The maximum atomic E-state index is 12.5. The van der Waals surface area contributed by atoms with E-state index in [0.717, 1.165) is 48.4 Å². The molecule has 0 saturated heterocycles. The number of carbonyl (C=O) groups excluding carboxylic acids is 1. The zero-order valence-corrected chi connectivity index (χ0v) is 17.4. The van der Waals surface area contributed by atoms with Gasteiger partial charge in [-0.15, -0.1) is 0 Å². The summed E-state index contributed by atoms with van der Waals surface area (Å²) in [4.78, 5) is 14.1. The van der Waals surface area contributed by atoms with Crippen LogP contribution < -0.4 is 10.2 Å². The molecule has 1 heterocycles. The van der Waals surface area contributed by atoms with Gasteiger partial charge in [-0.3, -0.25) is 9.48 Å². The third-order valence-electron chi connectivity index (χ3n) is 5.29. The number of rotatable bonds is 10. The minimum Gasteiger partial charge on any atom is -0.354 e. The second kappa shape index (κ2) is 10.6. The van der Waals surface area contributed by atoms with Gasteiger partial charge in [0.2, 0.25) is 5.91 Å². The fourth-order valence-electron chi connectivity index (χ4n) is 3.60. The fraction of sp³-hybridized carbons (Fsp3) is 0.333. The first-order valence-corrected chi connectivity index (χ1v) is 10.5. The number of amides is 1. The molecule has 0 bridgehead atoms. The zero-order valence-electron chi connectivity index (χ0n) is 17.4. The van der Waals surface area contributed by atoms with Crippen molar-refractivity contribution in [2.24, 2.45) is 0 Å². The number of aromatic nitrogens is 2. The van der Waals surface area contributed by atoms with Crippen molar-refractivity contribution in [3.63, 3.8) is 0 Å². The standard InChI is InChI=1S/C24H30N4O/c1-3-27(4-2)17-11-16-25-23(29)19-28-24(21-14-9-6-10-15-21)22(18-26-28)20-12-7-5-8-13-20/h5-10,12-15,18H,3-4,11,16-17,19H2,1-2H3,(H,25,29)/p+1. The molecule has 2 N–H and O–H groups in total. The molecule has 0 radical (unpaired) electrons. The molecule has 0 aliphatic rings. The molecule has 5 heteroatoms. The fourth-order valence-corrected chi connectivity index (χ4v) is 3.60. The summed E-state index contributed by atoms with van der Waals surface area (Å²) >= 11 is 0. The summed E-state index contributed by atoms with van der Waals surface area (Å²) < 4.78 is 1.81. The van der Waals surface area contributed by atoms with E-state index in [1.165, 1.54) is 0 Å². The number of quaternary nitrogens is 1. The molecular formula is C24H31N4O+. The smallest absolute Gasteiger partial charge is 0.241 e. The number of nitrogens with one attached hydrogen (secondary N) is 2. The van der Waals surface area contributed by atoms with Gasteiger partial charge in [-0.1, -0.05) is 60.7 Å². The molecule has 1 aromatic heterocycles. The predicted octanol–water partition coefficient (Wildman–Crippen LogP) is 2.65. The zero-order chi connectivity index (χ0) is 20.5. The van der Waals surface area contributed by atoms with Gasteiger partial charge in [0.25, 0.3) is 0 Å². The first-order valence-electron chi connectivity index (χ1n) is 10.5. The Bertz CT molecular complexity index is 886. The Morgan fingerprint density at radius 1 is 0.966 bits per heavy atom. The molecule has 5 nitrogen and oxygen atoms in total. The molecule has 0 aliphatic carbocycles. The van der Waals surface area contributed by atoms with E-state index in [4.69, 9.17) is 0 Å². The van der Waals surface area contributed by atoms with Gasteiger partial charge >= 0.3 is 0 Å². The van der Waals surface area contributed by atoms with Crippen molar-refractivity contribution in [1.82, 2.24) is 15.1 Å². The first kappa shape index (κ1) is 20.8. The van der Waals surface area contributed by atoms with Gasteiger partial charge in [-0.05, 0) is 19.4 Å². The minimum absolute atomic E-state index is 0.000519. The van der Waals surface area contributed by atoms with E-state index in [1.54, 1.807) is 4.90 Å². The highest BCUT2D eigenvalue weighted by Crippen LogP contribution is 2.31. The number of carbonyl (C=O) groups is 1. The van der Waals surface area contributed by atoms with Crippen molar-refractivity contribution in [3.05, 3.63) is 66.9 Å². The van der Waals surface area contributed by atoms with Crippen molar-refractivity contribution in [2.45, 2.75) is 26.8 Å². The third kappa shape index (κ3) is 5.55. The molecular weight excluding hydrogens is 360 g/mol. The summed E-state index contributed by atoms with van der Waals surface area (Å²) in [7, 11) is 0. The van der Waals surface area contributed by atoms with Crippen LogP contribution in [0.5, 0.6) is 0 Å². The van der Waals surface area contributed by atoms with Crippen LogP contribution in [0.1, 0.15) is 20.3 Å². The maximum Gasteiger partial charge on any atom is 0.241 e. The topological polar surface area (TPSA) is 51.4 Å². The van der Waals surface area contributed by atoms with Crippen molar-refractivity contribution < 1.29 is 9.69 Å². The van der Waals surface area contributed by atoms with Crippen molar-refractivity contribution in [2.75, 3.05) is 26.2 Å². The lowest BCUT2D eigenvalue weighted by Gasteiger charge is -2.15. The Hall–Kier alpha value is -2.92. The lowest BCUT2D eigenvalue weighted by molar-refractivity contribution is -0.896. The second-order valence-corrected chi connectivity index (χ2v) is 7.21. The molecule has 1 amide bonds. The van der Waals surface area contributed by atoms with Crippen LogP contribution in [0.15, 0.2) is 66.9 Å². The van der Waals surface area contributed by atoms with E-state index >= 15 is 0 Å². The largest absolute Gasteiger partial charge is 0.354 e. The summed E-state index contributed by atoms with van der Waals surface area (Å²) in [5.74, 6) is -0.000519. The summed E-state index contributed by atoms with van der Waals surface area (Å²) in [6.07, 6.45) is 2.84. The Kier molecular flexibility index (Phi) is 7.59. The van der Waals surface area contributed by atoms with Crippen LogP contribution in [0.4, 0.5) is 0 Å². The summed E-state index contributed by atoms with van der Waals surface area (Å²) in [6, 6.07) is 20.3. The van der Waals surface area contributed by atoms with Crippen LogP contribution in [0.3, 0.4) is 0 Å². The lowest BCUT2D eigenvalue weighted by Crippen LogP contribution is -3.11. The van der Waals surface area contributed by atoms with Gasteiger partial charge in [0.1, 0.15) is 6.54 Å². The first-order chi connectivity index (χ1) is 14.2. The van der Waals surface area contributed by atoms with E-state index in [-0.39, 0.29) is 12.5 Å². The van der Waals surface area contributed by atoms with E-state index < -0.39 is 0 Å². The highest BCUT2D eigenvalue weighted by atomic mass is 16.2. The number of hydrogen-bond donors (Lipinski definition) is 2. The number of benzene rings is 2. The molecule has 0 saturated carbocycles. The predicted molar refractivity (Wildman–Crippen MR) is 118 cm³/mol. The monoisotopic (exact) mass is 391 g/mol. The van der Waals surface area contributed by atoms with Crippen molar-refractivity contribution in [1.29, 1.82) is 0 Å². The lowest BCUT2D eigenvalue weighted by atomic mass is 10.0. The molecule has 2 aromatic carbocycles. The molecule has 29 heavy (non-hydrogen) atoms. The van der Waals surface area contributed by atoms with Gasteiger partial charge in [0.15, 0.2) is 0 Å². The van der Waals surface area contributed by atoms with Crippen LogP contribution in [0.25, 0.3) is 22.4 Å². The molecule has 0 atom stereocenters. The van der Waals surface area contributed by atoms with E-state index in [2.05, 4.69) is 48.5 Å². The molecule has 3 aromatic rings. The number of hydrogen-bond acceptors (Lipinski definition) is 2. The third-order valence-corrected chi connectivity index (χ3v) is 5.29. The van der Waals surface area contributed by atoms with E-state index in [9.17, 15) is 4.79 Å². The Balaban J connectivity index is 1.72. The normalized spacial score (nSPS) is 11.0. The van der Waals surface area contributed by atoms with Gasteiger partial charge in [-0.25, -0.2) is 0 Å². The van der Waals surface area contributed by atoms with E-state index in [1.807, 2.05) is 47.3 Å². The van der Waals surface area contributed by atoms with Crippen LogP contribution in [-0.4, -0.2) is 41.9 Å². The van der Waals surface area contributed by atoms with Crippen LogP contribution >= 0.6 is 0 Å². The van der Waals surface area contributed by atoms with Gasteiger partial charge < -0.3 is 10.2 Å². The average Bonchev–Trinajstić information content (AvgIpc) is 3.18.